The van der Waals surface area contributed by atoms with E-state index in [1.807, 2.05) is 0 Å². The average molecular weight is 999 g/mol. The van der Waals surface area contributed by atoms with Crippen molar-refractivity contribution in [3.05, 3.63) is 157 Å². The Kier molecular flexibility index (Phi) is 17.6. The van der Waals surface area contributed by atoms with Crippen LogP contribution < -0.4 is 31.9 Å². The molecule has 6 aromatic carbocycles. The maximum absolute atomic E-state index is 7.58. The SMILES string of the molecule is Cc1ccc(C)c(OP(Oc2cc(C)ccc2C)Oc2c(CC(C)(C)C)cc(OC(C)C)c(C)c2-c2c(C)c(C(C)C)cc(CC(C)(C)C)c2OP(Oc2cc(C)ccc2C)Oc2cc(C)ccc2C)c1. The topological polar surface area (TPSA) is 64.6 Å². The van der Waals surface area contributed by atoms with Crippen molar-refractivity contribution in [2.75, 3.05) is 0 Å². The highest BCUT2D eigenvalue weighted by Gasteiger charge is 2.35. The summed E-state index contributed by atoms with van der Waals surface area (Å²) in [6.07, 6.45) is 1.26. The summed E-state index contributed by atoms with van der Waals surface area (Å²) in [5.41, 5.74) is 14.9. The molecule has 0 unspecified atom stereocenters. The van der Waals surface area contributed by atoms with Crippen molar-refractivity contribution in [3.63, 3.8) is 0 Å². The predicted molar refractivity (Wildman–Crippen MR) is 299 cm³/mol. The van der Waals surface area contributed by atoms with Crippen molar-refractivity contribution in [3.8, 4) is 51.4 Å². The maximum Gasteiger partial charge on any atom is 0.530 e. The fourth-order valence-electron chi connectivity index (χ4n) is 8.62. The van der Waals surface area contributed by atoms with Crippen LogP contribution in [-0.4, -0.2) is 6.10 Å². The minimum atomic E-state index is -2.14. The van der Waals surface area contributed by atoms with Gasteiger partial charge >= 0.3 is 17.2 Å². The van der Waals surface area contributed by atoms with Crippen molar-refractivity contribution < 1.29 is 31.9 Å². The van der Waals surface area contributed by atoms with Gasteiger partial charge in [-0.1, -0.05) is 110 Å². The van der Waals surface area contributed by atoms with Gasteiger partial charge in [-0.15, -0.1) is 0 Å². The molecule has 0 aliphatic rings. The number of benzene rings is 6. The van der Waals surface area contributed by atoms with Crippen LogP contribution in [0.5, 0.6) is 40.2 Å². The number of aryl methyl sites for hydroxylation is 8. The van der Waals surface area contributed by atoms with Crippen LogP contribution in [0.15, 0.2) is 84.9 Å². The molecular weight excluding hydrogens is 919 g/mol. The van der Waals surface area contributed by atoms with Gasteiger partial charge in [0.25, 0.3) is 0 Å². The number of hydrogen-bond acceptors (Lipinski definition) is 7. The third kappa shape index (κ3) is 14.5. The first-order valence-corrected chi connectivity index (χ1v) is 27.3. The lowest BCUT2D eigenvalue weighted by Gasteiger charge is -2.31. The van der Waals surface area contributed by atoms with Crippen LogP contribution in [-0.2, 0) is 12.8 Å². The summed E-state index contributed by atoms with van der Waals surface area (Å²) in [5, 5.41) is 0. The number of rotatable bonds is 18. The Morgan fingerprint density at radius 3 is 1.03 bits per heavy atom. The molecule has 6 rings (SSSR count). The second kappa shape index (κ2) is 22.7. The fourth-order valence-corrected chi connectivity index (χ4v) is 11.0. The van der Waals surface area contributed by atoms with E-state index in [-0.39, 0.29) is 22.9 Å². The van der Waals surface area contributed by atoms with Gasteiger partial charge in [-0.05, 0) is 210 Å². The molecule has 6 aromatic rings. The predicted octanol–water partition coefficient (Wildman–Crippen LogP) is 19.1. The number of hydrogen-bond donors (Lipinski definition) is 0. The summed E-state index contributed by atoms with van der Waals surface area (Å²) in [6.45, 7) is 43.1. The first-order chi connectivity index (χ1) is 33.2. The molecule has 0 fully saturated rings. The van der Waals surface area contributed by atoms with Gasteiger partial charge in [0, 0.05) is 16.7 Å². The highest BCUT2D eigenvalue weighted by atomic mass is 31.2. The lowest BCUT2D eigenvalue weighted by Crippen LogP contribution is -2.16. The third-order valence-electron chi connectivity index (χ3n) is 12.3. The molecule has 0 aliphatic heterocycles. The minimum Gasteiger partial charge on any atom is -0.491 e. The van der Waals surface area contributed by atoms with E-state index >= 15 is 0 Å². The molecule has 0 aromatic heterocycles. The van der Waals surface area contributed by atoms with Crippen LogP contribution in [0, 0.1) is 80.1 Å². The van der Waals surface area contributed by atoms with E-state index in [4.69, 9.17) is 31.9 Å². The van der Waals surface area contributed by atoms with Crippen molar-refractivity contribution >= 4 is 17.2 Å². The van der Waals surface area contributed by atoms with Crippen LogP contribution in [0.2, 0.25) is 0 Å². The molecule has 9 heteroatoms. The van der Waals surface area contributed by atoms with E-state index in [9.17, 15) is 0 Å². The van der Waals surface area contributed by atoms with E-state index in [0.717, 1.165) is 83.6 Å². The summed E-state index contributed by atoms with van der Waals surface area (Å²) >= 11 is 0. The third-order valence-corrected chi connectivity index (χ3v) is 14.3. The highest BCUT2D eigenvalue weighted by Crippen LogP contribution is 2.57. The quantitative estimate of drug-likeness (QED) is 0.0795. The fraction of sp³-hybridized carbons (Fsp3) is 0.419. The van der Waals surface area contributed by atoms with Gasteiger partial charge in [-0.3, -0.25) is 0 Å². The zero-order valence-corrected chi connectivity index (χ0v) is 48.2. The van der Waals surface area contributed by atoms with Crippen LogP contribution in [0.3, 0.4) is 0 Å². The molecule has 0 saturated carbocycles. The molecule has 7 nitrogen and oxygen atoms in total. The Morgan fingerprint density at radius 2 is 0.718 bits per heavy atom. The van der Waals surface area contributed by atoms with E-state index in [2.05, 4.69) is 223 Å². The maximum atomic E-state index is 7.58. The Labute approximate surface area is 430 Å². The Hall–Kier alpha value is -5.22. The van der Waals surface area contributed by atoms with Crippen LogP contribution in [0.25, 0.3) is 11.1 Å². The van der Waals surface area contributed by atoms with E-state index in [0.29, 0.717) is 47.3 Å². The largest absolute Gasteiger partial charge is 0.530 e. The zero-order valence-electron chi connectivity index (χ0n) is 46.4. The Balaban J connectivity index is 1.75. The summed E-state index contributed by atoms with van der Waals surface area (Å²) in [5.74, 6) is 5.08. The molecule has 0 saturated heterocycles. The average Bonchev–Trinajstić information content (AvgIpc) is 3.25. The summed E-state index contributed by atoms with van der Waals surface area (Å²) in [4.78, 5) is 0. The summed E-state index contributed by atoms with van der Waals surface area (Å²) < 4.78 is 50.0. The zero-order chi connectivity index (χ0) is 52.3. The van der Waals surface area contributed by atoms with Gasteiger partial charge in [0.2, 0.25) is 0 Å². The summed E-state index contributed by atoms with van der Waals surface area (Å²) in [7, 11) is -4.28. The van der Waals surface area contributed by atoms with Gasteiger partial charge in [-0.25, -0.2) is 0 Å². The van der Waals surface area contributed by atoms with E-state index in [1.165, 1.54) is 5.56 Å². The van der Waals surface area contributed by atoms with Gasteiger partial charge in [0.1, 0.15) is 40.2 Å². The molecule has 380 valence electrons. The highest BCUT2D eigenvalue weighted by molar-refractivity contribution is 7.43. The molecule has 0 bridgehead atoms. The van der Waals surface area contributed by atoms with E-state index in [1.54, 1.807) is 0 Å². The first kappa shape index (κ1) is 55.1. The van der Waals surface area contributed by atoms with Crippen LogP contribution in [0.4, 0.5) is 0 Å². The lowest BCUT2D eigenvalue weighted by atomic mass is 9.80. The Bertz CT molecular complexity index is 2740. The molecule has 0 amide bonds. The molecule has 0 heterocycles. The lowest BCUT2D eigenvalue weighted by molar-refractivity contribution is 0.240. The number of ether oxygens (including phenoxy) is 1. The Morgan fingerprint density at radius 1 is 0.394 bits per heavy atom. The van der Waals surface area contributed by atoms with Crippen molar-refractivity contribution in [1.29, 1.82) is 0 Å². The molecular formula is C62H80O7P2. The molecule has 0 N–H and O–H groups in total. The van der Waals surface area contributed by atoms with Gasteiger partial charge < -0.3 is 31.9 Å². The van der Waals surface area contributed by atoms with Crippen molar-refractivity contribution in [1.82, 2.24) is 0 Å². The van der Waals surface area contributed by atoms with Gasteiger partial charge in [0.05, 0.1) is 6.10 Å². The van der Waals surface area contributed by atoms with Gasteiger partial charge in [-0.2, -0.15) is 0 Å². The smallest absolute Gasteiger partial charge is 0.491 e. The van der Waals surface area contributed by atoms with Crippen LogP contribution >= 0.6 is 17.2 Å². The van der Waals surface area contributed by atoms with Crippen LogP contribution in [0.1, 0.15) is 147 Å². The molecule has 0 radical (unpaired) electrons. The summed E-state index contributed by atoms with van der Waals surface area (Å²) in [6, 6.07) is 29.4. The van der Waals surface area contributed by atoms with Crippen molar-refractivity contribution in [2.45, 2.75) is 163 Å². The van der Waals surface area contributed by atoms with Gasteiger partial charge in [0.15, 0.2) is 0 Å². The standard InChI is InChI=1S/C62H80O7P2/c1-37(2)51-33-49(35-61(15,16)17)59(68-70(64-52-29-39(5)21-25-43(52)9)65-53-30-40(6)22-26-44(53)10)57(47(51)13)58-48(14)56(63-38(3)4)34-50(36-62(18,19)20)60(58)69-71(66-54-31-41(7)23-27-45(54)11)67-55-32-42(8)24-28-46(55)12/h21-34,37-38H,35-36H2,1-20H3. The second-order valence-corrected chi connectivity index (χ2v) is 24.7. The molecule has 0 aliphatic carbocycles. The molecule has 71 heavy (non-hydrogen) atoms. The van der Waals surface area contributed by atoms with E-state index < -0.39 is 17.2 Å². The minimum absolute atomic E-state index is 0.103. The normalized spacial score (nSPS) is 12.0. The van der Waals surface area contributed by atoms with Crippen molar-refractivity contribution in [2.24, 2.45) is 10.8 Å². The first-order valence-electron chi connectivity index (χ1n) is 25.1. The second-order valence-electron chi connectivity index (χ2n) is 22.7. The monoisotopic (exact) mass is 999 g/mol. The molecule has 0 spiro atoms. The molecule has 0 atom stereocenters.